The summed E-state index contributed by atoms with van der Waals surface area (Å²) in [5, 5.41) is 7.76. The lowest BCUT2D eigenvalue weighted by molar-refractivity contribution is -0.142. The van der Waals surface area contributed by atoms with E-state index in [-0.39, 0.29) is 0 Å². The van der Waals surface area contributed by atoms with Crippen LogP contribution in [0.1, 0.15) is 5.56 Å². The molecular formula is C27H20ClF2N3O3S. The lowest BCUT2D eigenvalue weighted by Crippen LogP contribution is -2.20. The van der Waals surface area contributed by atoms with E-state index in [2.05, 4.69) is 10.4 Å². The quantitative estimate of drug-likeness (QED) is 0.145. The highest BCUT2D eigenvalue weighted by Crippen LogP contribution is 2.28. The van der Waals surface area contributed by atoms with Crippen molar-refractivity contribution in [2.45, 2.75) is 10.7 Å². The van der Waals surface area contributed by atoms with Gasteiger partial charge in [0.25, 0.3) is 11.7 Å². The molecule has 37 heavy (non-hydrogen) atoms. The van der Waals surface area contributed by atoms with E-state index in [0.29, 0.717) is 38.6 Å². The first-order valence-electron chi connectivity index (χ1n) is 11.0. The summed E-state index contributed by atoms with van der Waals surface area (Å²) in [4.78, 5) is 24.8. The summed E-state index contributed by atoms with van der Waals surface area (Å²) in [5.41, 5.74) is 3.27. The van der Waals surface area contributed by atoms with Crippen LogP contribution in [0.2, 0.25) is 5.02 Å². The van der Waals surface area contributed by atoms with E-state index in [9.17, 15) is 18.4 Å². The summed E-state index contributed by atoms with van der Waals surface area (Å²) in [5.74, 6) is -3.81. The zero-order valence-electron chi connectivity index (χ0n) is 19.2. The molecule has 0 unspecified atom stereocenters. The summed E-state index contributed by atoms with van der Waals surface area (Å²) in [6.07, 6.45) is 4.55. The first-order chi connectivity index (χ1) is 17.9. The fourth-order valence-corrected chi connectivity index (χ4v) is 4.03. The van der Waals surface area contributed by atoms with E-state index >= 15 is 0 Å². The standard InChI is InChI=1S/C27H20ClF2N3O3S/c28-20-6-4-5-18(15-20)26-19(16-33(32-26)22-7-2-1-3-8-22)9-14-25(35)36-17-24(34)31-21-10-12-23(13-11-21)37-27(29)30/h1-16,27H,17H2,(H,31,34)/b14-9+. The predicted molar refractivity (Wildman–Crippen MR) is 141 cm³/mol. The number of amides is 1. The molecule has 1 N–H and O–H groups in total. The number of esters is 1. The maximum absolute atomic E-state index is 12.4. The summed E-state index contributed by atoms with van der Waals surface area (Å²) >= 11 is 6.57. The number of carbonyl (C=O) groups is 2. The van der Waals surface area contributed by atoms with Crippen molar-refractivity contribution in [3.05, 3.63) is 102 Å². The van der Waals surface area contributed by atoms with Crippen LogP contribution in [-0.4, -0.2) is 34.0 Å². The smallest absolute Gasteiger partial charge is 0.331 e. The second-order valence-electron chi connectivity index (χ2n) is 7.62. The van der Waals surface area contributed by atoms with Crippen LogP contribution in [0.15, 0.2) is 96.0 Å². The Labute approximate surface area is 220 Å². The molecule has 0 aliphatic rings. The maximum atomic E-state index is 12.4. The summed E-state index contributed by atoms with van der Waals surface area (Å²) in [6.45, 7) is -0.513. The number of nitrogens with one attached hydrogen (secondary N) is 1. The number of halogens is 3. The molecule has 4 aromatic rings. The van der Waals surface area contributed by atoms with Crippen molar-refractivity contribution < 1.29 is 23.1 Å². The van der Waals surface area contributed by atoms with Crippen molar-refractivity contribution >= 4 is 47.0 Å². The molecule has 0 fully saturated rings. The number of thioether (sulfide) groups is 1. The van der Waals surface area contributed by atoms with Gasteiger partial charge in [0.2, 0.25) is 0 Å². The third-order valence-electron chi connectivity index (χ3n) is 4.97. The number of ether oxygens (including phenoxy) is 1. The van der Waals surface area contributed by atoms with E-state index < -0.39 is 24.2 Å². The van der Waals surface area contributed by atoms with Crippen LogP contribution in [0.5, 0.6) is 0 Å². The maximum Gasteiger partial charge on any atom is 0.331 e. The van der Waals surface area contributed by atoms with Crippen molar-refractivity contribution in [3.8, 4) is 16.9 Å². The number of para-hydroxylation sites is 1. The van der Waals surface area contributed by atoms with Crippen LogP contribution < -0.4 is 5.32 Å². The van der Waals surface area contributed by atoms with Crippen molar-refractivity contribution in [3.63, 3.8) is 0 Å². The van der Waals surface area contributed by atoms with Gasteiger partial charge in [-0.05, 0) is 54.6 Å². The monoisotopic (exact) mass is 539 g/mol. The Kier molecular flexibility index (Phi) is 8.71. The number of nitrogens with zero attached hydrogens (tertiary/aromatic N) is 2. The van der Waals surface area contributed by atoms with Crippen molar-refractivity contribution in [1.29, 1.82) is 0 Å². The van der Waals surface area contributed by atoms with Crippen LogP contribution >= 0.6 is 23.4 Å². The minimum absolute atomic E-state index is 0.372. The van der Waals surface area contributed by atoms with Gasteiger partial charge in [0.15, 0.2) is 6.61 Å². The predicted octanol–water partition coefficient (Wildman–Crippen LogP) is 6.70. The molecule has 0 aliphatic carbocycles. The minimum Gasteiger partial charge on any atom is -0.452 e. The fourth-order valence-electron chi connectivity index (χ4n) is 3.34. The van der Waals surface area contributed by atoms with Crippen LogP contribution in [0.3, 0.4) is 0 Å². The van der Waals surface area contributed by atoms with E-state index in [1.165, 1.54) is 30.3 Å². The number of rotatable bonds is 9. The second-order valence-corrected chi connectivity index (χ2v) is 9.12. The molecule has 10 heteroatoms. The highest BCUT2D eigenvalue weighted by atomic mass is 35.5. The van der Waals surface area contributed by atoms with Gasteiger partial charge in [-0.25, -0.2) is 9.48 Å². The van der Waals surface area contributed by atoms with Crippen LogP contribution in [0.4, 0.5) is 14.5 Å². The summed E-state index contributed by atoms with van der Waals surface area (Å²) in [7, 11) is 0. The molecule has 1 heterocycles. The Bertz CT molecular complexity index is 1410. The number of hydrogen-bond acceptors (Lipinski definition) is 5. The largest absolute Gasteiger partial charge is 0.452 e. The van der Waals surface area contributed by atoms with E-state index in [0.717, 1.165) is 11.3 Å². The molecule has 0 saturated carbocycles. The molecule has 1 aromatic heterocycles. The van der Waals surface area contributed by atoms with Gasteiger partial charge in [-0.2, -0.15) is 13.9 Å². The number of anilines is 1. The van der Waals surface area contributed by atoms with E-state index in [4.69, 9.17) is 16.3 Å². The zero-order chi connectivity index (χ0) is 26.2. The van der Waals surface area contributed by atoms with Crippen molar-refractivity contribution in [1.82, 2.24) is 9.78 Å². The van der Waals surface area contributed by atoms with Gasteiger partial charge in [0, 0.05) is 39.0 Å². The average Bonchev–Trinajstić information content (AvgIpc) is 3.32. The Morgan fingerprint density at radius 1 is 1.05 bits per heavy atom. The normalized spacial score (nSPS) is 11.1. The summed E-state index contributed by atoms with van der Waals surface area (Å²) < 4.78 is 31.6. The Morgan fingerprint density at radius 2 is 1.81 bits per heavy atom. The molecule has 0 bridgehead atoms. The molecule has 0 saturated heterocycles. The van der Waals surface area contributed by atoms with Gasteiger partial charge in [-0.1, -0.05) is 53.7 Å². The van der Waals surface area contributed by atoms with Gasteiger partial charge in [0.1, 0.15) is 5.69 Å². The van der Waals surface area contributed by atoms with Gasteiger partial charge in [-0.3, -0.25) is 4.79 Å². The molecule has 0 radical (unpaired) electrons. The van der Waals surface area contributed by atoms with E-state index in [1.807, 2.05) is 42.5 Å². The number of hydrogen-bond donors (Lipinski definition) is 1. The molecule has 0 aliphatic heterocycles. The topological polar surface area (TPSA) is 73.2 Å². The lowest BCUT2D eigenvalue weighted by Gasteiger charge is -2.06. The third kappa shape index (κ3) is 7.52. The Morgan fingerprint density at radius 3 is 2.51 bits per heavy atom. The molecule has 4 rings (SSSR count). The molecular weight excluding hydrogens is 520 g/mol. The van der Waals surface area contributed by atoms with Crippen LogP contribution in [0, 0.1) is 0 Å². The fraction of sp³-hybridized carbons (Fsp3) is 0.0741. The number of carbonyl (C=O) groups excluding carboxylic acids is 2. The Balaban J connectivity index is 1.41. The molecule has 0 spiro atoms. The summed E-state index contributed by atoms with van der Waals surface area (Å²) in [6, 6.07) is 22.6. The number of benzene rings is 3. The van der Waals surface area contributed by atoms with Gasteiger partial charge in [0.05, 0.1) is 5.69 Å². The number of aromatic nitrogens is 2. The Hall–Kier alpha value is -3.95. The van der Waals surface area contributed by atoms with Crippen LogP contribution in [0.25, 0.3) is 23.0 Å². The van der Waals surface area contributed by atoms with Crippen molar-refractivity contribution in [2.75, 3.05) is 11.9 Å². The average molecular weight is 540 g/mol. The van der Waals surface area contributed by atoms with Crippen molar-refractivity contribution in [2.24, 2.45) is 0 Å². The number of alkyl halides is 2. The SMILES string of the molecule is O=C(COC(=O)/C=C/c1cn(-c2ccccc2)nc1-c1cccc(Cl)c1)Nc1ccc(SC(F)F)cc1. The molecule has 3 aromatic carbocycles. The lowest BCUT2D eigenvalue weighted by atomic mass is 10.1. The molecule has 0 atom stereocenters. The van der Waals surface area contributed by atoms with E-state index in [1.54, 1.807) is 29.1 Å². The highest BCUT2D eigenvalue weighted by Gasteiger charge is 2.12. The van der Waals surface area contributed by atoms with Gasteiger partial charge in [-0.15, -0.1) is 0 Å². The van der Waals surface area contributed by atoms with Crippen LogP contribution in [-0.2, 0) is 14.3 Å². The highest BCUT2D eigenvalue weighted by molar-refractivity contribution is 7.99. The first-order valence-corrected chi connectivity index (χ1v) is 12.2. The third-order valence-corrected chi connectivity index (χ3v) is 5.93. The molecule has 188 valence electrons. The molecule has 1 amide bonds. The molecule has 6 nitrogen and oxygen atoms in total. The van der Waals surface area contributed by atoms with Gasteiger partial charge >= 0.3 is 5.97 Å². The zero-order valence-corrected chi connectivity index (χ0v) is 20.8. The minimum atomic E-state index is -2.53. The van der Waals surface area contributed by atoms with Gasteiger partial charge < -0.3 is 10.1 Å². The second kappa shape index (κ2) is 12.3. The first kappa shape index (κ1) is 26.1.